The summed E-state index contributed by atoms with van der Waals surface area (Å²) in [6.45, 7) is 0. The van der Waals surface area contributed by atoms with Crippen LogP contribution in [-0.4, -0.2) is 7.05 Å². The molecule has 1 nitrogen and oxygen atoms in total. The van der Waals surface area contributed by atoms with Gasteiger partial charge < -0.3 is 5.32 Å². The van der Waals surface area contributed by atoms with E-state index in [1.54, 1.807) is 28.7 Å². The Labute approximate surface area is 123 Å². The number of benzene rings is 1. The fraction of sp³-hybridized carbons (Fsp3) is 0.143. The molecule has 2 heterocycles. The van der Waals surface area contributed by atoms with E-state index in [0.29, 0.717) is 0 Å². The highest BCUT2D eigenvalue weighted by atomic mass is 35.5. The van der Waals surface area contributed by atoms with E-state index in [0.717, 1.165) is 24.9 Å². The summed E-state index contributed by atoms with van der Waals surface area (Å²) >= 11 is 9.43. The van der Waals surface area contributed by atoms with Gasteiger partial charge >= 0.3 is 0 Å². The van der Waals surface area contributed by atoms with Crippen molar-refractivity contribution in [3.8, 4) is 0 Å². The normalized spacial score (nSPS) is 13.0. The van der Waals surface area contributed by atoms with Gasteiger partial charge in [0.15, 0.2) is 0 Å². The van der Waals surface area contributed by atoms with Gasteiger partial charge in [0.25, 0.3) is 0 Å². The van der Waals surface area contributed by atoms with E-state index in [2.05, 4.69) is 11.4 Å². The van der Waals surface area contributed by atoms with Crippen molar-refractivity contribution in [2.24, 2.45) is 0 Å². The Morgan fingerprint density at radius 1 is 1.26 bits per heavy atom. The average molecular weight is 312 g/mol. The van der Waals surface area contributed by atoms with Crippen LogP contribution in [0.3, 0.4) is 0 Å². The van der Waals surface area contributed by atoms with Crippen molar-refractivity contribution in [3.63, 3.8) is 0 Å². The first-order valence-electron chi connectivity index (χ1n) is 5.78. The molecule has 3 aromatic rings. The standard InChI is InChI=1S/C14H11ClFNS2/c1-17-13(14-10(15)4-5-18-14)12-6-8-2-3-9(16)7-11(8)19-12/h2-7,13,17H,1H3. The molecule has 0 amide bonds. The molecule has 0 fully saturated rings. The molecule has 0 spiro atoms. The Balaban J connectivity index is 2.09. The zero-order valence-electron chi connectivity index (χ0n) is 10.1. The maximum absolute atomic E-state index is 13.2. The minimum atomic E-state index is -0.198. The molecule has 98 valence electrons. The van der Waals surface area contributed by atoms with Crippen LogP contribution in [0, 0.1) is 5.82 Å². The molecule has 0 aliphatic heterocycles. The molecule has 5 heteroatoms. The molecule has 0 radical (unpaired) electrons. The van der Waals surface area contributed by atoms with E-state index in [4.69, 9.17) is 11.6 Å². The van der Waals surface area contributed by atoms with Crippen LogP contribution in [0.1, 0.15) is 15.8 Å². The molecule has 2 aromatic heterocycles. The van der Waals surface area contributed by atoms with Gasteiger partial charge in [0.2, 0.25) is 0 Å². The number of hydrogen-bond donors (Lipinski definition) is 1. The van der Waals surface area contributed by atoms with Crippen molar-refractivity contribution in [3.05, 3.63) is 56.3 Å². The van der Waals surface area contributed by atoms with E-state index in [9.17, 15) is 4.39 Å². The lowest BCUT2D eigenvalue weighted by Crippen LogP contribution is -2.15. The van der Waals surface area contributed by atoms with E-state index < -0.39 is 0 Å². The highest BCUT2D eigenvalue weighted by Crippen LogP contribution is 2.38. The van der Waals surface area contributed by atoms with Crippen molar-refractivity contribution < 1.29 is 4.39 Å². The molecule has 0 saturated carbocycles. The first kappa shape index (κ1) is 13.1. The molecule has 0 bridgehead atoms. The molecule has 0 aliphatic carbocycles. The van der Waals surface area contributed by atoms with Crippen LogP contribution in [0.15, 0.2) is 35.7 Å². The van der Waals surface area contributed by atoms with Gasteiger partial charge in [-0.1, -0.05) is 17.7 Å². The van der Waals surface area contributed by atoms with Crippen LogP contribution >= 0.6 is 34.3 Å². The van der Waals surface area contributed by atoms with Gasteiger partial charge in [-0.25, -0.2) is 4.39 Å². The molecule has 19 heavy (non-hydrogen) atoms. The van der Waals surface area contributed by atoms with Crippen LogP contribution in [0.5, 0.6) is 0 Å². The van der Waals surface area contributed by atoms with Gasteiger partial charge in [0, 0.05) is 14.5 Å². The molecular weight excluding hydrogens is 301 g/mol. The maximum atomic E-state index is 13.2. The summed E-state index contributed by atoms with van der Waals surface area (Å²) in [5, 5.41) is 7.10. The molecule has 1 atom stereocenters. The maximum Gasteiger partial charge on any atom is 0.124 e. The molecular formula is C14H11ClFNS2. The monoisotopic (exact) mass is 311 g/mol. The molecule has 1 N–H and O–H groups in total. The third-order valence-electron chi connectivity index (χ3n) is 2.98. The lowest BCUT2D eigenvalue weighted by molar-refractivity contribution is 0.630. The smallest absolute Gasteiger partial charge is 0.124 e. The van der Waals surface area contributed by atoms with E-state index in [1.807, 2.05) is 24.6 Å². The highest BCUT2D eigenvalue weighted by Gasteiger charge is 2.19. The van der Waals surface area contributed by atoms with Crippen molar-refractivity contribution in [2.45, 2.75) is 6.04 Å². The van der Waals surface area contributed by atoms with Crippen molar-refractivity contribution in [1.82, 2.24) is 5.32 Å². The summed E-state index contributed by atoms with van der Waals surface area (Å²) in [5.41, 5.74) is 0. The first-order chi connectivity index (χ1) is 9.19. The lowest BCUT2D eigenvalue weighted by Gasteiger charge is -2.13. The Kier molecular flexibility index (Phi) is 3.58. The van der Waals surface area contributed by atoms with Gasteiger partial charge in [-0.2, -0.15) is 0 Å². The number of hydrogen-bond acceptors (Lipinski definition) is 3. The van der Waals surface area contributed by atoms with Gasteiger partial charge in [0.05, 0.1) is 11.1 Å². The van der Waals surface area contributed by atoms with Gasteiger partial charge in [0.1, 0.15) is 5.82 Å². The van der Waals surface area contributed by atoms with E-state index in [1.165, 1.54) is 6.07 Å². The second kappa shape index (κ2) is 5.21. The summed E-state index contributed by atoms with van der Waals surface area (Å²) in [6, 6.07) is 8.94. The molecule has 1 aromatic carbocycles. The van der Waals surface area contributed by atoms with Crippen LogP contribution in [0.25, 0.3) is 10.1 Å². The molecule has 3 rings (SSSR count). The van der Waals surface area contributed by atoms with Crippen molar-refractivity contribution in [2.75, 3.05) is 7.05 Å². The van der Waals surface area contributed by atoms with Crippen LogP contribution in [0.4, 0.5) is 4.39 Å². The number of fused-ring (bicyclic) bond motifs is 1. The van der Waals surface area contributed by atoms with Gasteiger partial charge in [-0.3, -0.25) is 0 Å². The fourth-order valence-electron chi connectivity index (χ4n) is 2.08. The van der Waals surface area contributed by atoms with Gasteiger partial charge in [-0.15, -0.1) is 22.7 Å². The minimum absolute atomic E-state index is 0.0629. The molecule has 0 aliphatic rings. The van der Waals surface area contributed by atoms with Crippen LogP contribution in [-0.2, 0) is 0 Å². The predicted octanol–water partition coefficient (Wildman–Crippen LogP) is 5.06. The third-order valence-corrected chi connectivity index (χ3v) is 5.57. The Morgan fingerprint density at radius 2 is 2.11 bits per heavy atom. The number of halogens is 2. The highest BCUT2D eigenvalue weighted by molar-refractivity contribution is 7.19. The molecule has 1 unspecified atom stereocenters. The summed E-state index contributed by atoms with van der Waals surface area (Å²) < 4.78 is 14.2. The largest absolute Gasteiger partial charge is 0.308 e. The lowest BCUT2D eigenvalue weighted by atomic mass is 10.1. The summed E-state index contributed by atoms with van der Waals surface area (Å²) in [7, 11) is 1.91. The Bertz CT molecular complexity index is 719. The number of nitrogens with one attached hydrogen (secondary N) is 1. The Morgan fingerprint density at radius 3 is 2.79 bits per heavy atom. The second-order valence-electron chi connectivity index (χ2n) is 4.19. The summed E-state index contributed by atoms with van der Waals surface area (Å²) in [6.07, 6.45) is 0. The zero-order chi connectivity index (χ0) is 13.4. The first-order valence-corrected chi connectivity index (χ1v) is 7.85. The van der Waals surface area contributed by atoms with Gasteiger partial charge in [-0.05, 0) is 42.1 Å². The summed E-state index contributed by atoms with van der Waals surface area (Å²) in [4.78, 5) is 2.24. The third kappa shape index (κ3) is 2.41. The minimum Gasteiger partial charge on any atom is -0.308 e. The SMILES string of the molecule is CNC(c1cc2ccc(F)cc2s1)c1sccc1Cl. The second-order valence-corrected chi connectivity index (χ2v) is 6.66. The summed E-state index contributed by atoms with van der Waals surface area (Å²) in [5.74, 6) is -0.198. The topological polar surface area (TPSA) is 12.0 Å². The number of thiophene rings is 2. The van der Waals surface area contributed by atoms with Crippen molar-refractivity contribution >= 4 is 44.4 Å². The zero-order valence-corrected chi connectivity index (χ0v) is 12.5. The molecule has 0 saturated heterocycles. The fourth-order valence-corrected chi connectivity index (χ4v) is 4.66. The van der Waals surface area contributed by atoms with E-state index >= 15 is 0 Å². The van der Waals surface area contributed by atoms with Crippen molar-refractivity contribution in [1.29, 1.82) is 0 Å². The predicted molar refractivity (Wildman–Crippen MR) is 82.0 cm³/mol. The average Bonchev–Trinajstić information content (AvgIpc) is 2.97. The van der Waals surface area contributed by atoms with Crippen LogP contribution in [0.2, 0.25) is 5.02 Å². The number of rotatable bonds is 3. The van der Waals surface area contributed by atoms with Crippen LogP contribution < -0.4 is 5.32 Å². The van der Waals surface area contributed by atoms with E-state index in [-0.39, 0.29) is 11.9 Å². The Hall–Kier alpha value is -0.940. The quantitative estimate of drug-likeness (QED) is 0.712.